The van der Waals surface area contributed by atoms with Gasteiger partial charge in [-0.25, -0.2) is 19.9 Å². The number of hydrogen-bond acceptors (Lipinski definition) is 5. The molecule has 0 unspecified atom stereocenters. The number of imidazole rings is 1. The monoisotopic (exact) mass is 239 g/mol. The molecule has 18 heavy (non-hydrogen) atoms. The Bertz CT molecular complexity index is 634. The lowest BCUT2D eigenvalue weighted by molar-refractivity contribution is 0.602. The first-order chi connectivity index (χ1) is 8.93. The van der Waals surface area contributed by atoms with E-state index in [1.807, 2.05) is 24.3 Å². The zero-order valence-corrected chi connectivity index (χ0v) is 9.32. The van der Waals surface area contributed by atoms with Gasteiger partial charge in [-0.05, 0) is 12.1 Å². The molecule has 0 saturated heterocycles. The maximum atomic E-state index is 5.01. The van der Waals surface area contributed by atoms with Crippen LogP contribution in [0.5, 0.6) is 0 Å². The second kappa shape index (κ2) is 4.62. The van der Waals surface area contributed by atoms with E-state index < -0.39 is 0 Å². The molecule has 0 spiro atoms. The van der Waals surface area contributed by atoms with E-state index in [1.165, 1.54) is 12.7 Å². The van der Waals surface area contributed by atoms with E-state index in [0.29, 0.717) is 5.65 Å². The fraction of sp³-hybridized carbons (Fsp3) is 0. The fourth-order valence-corrected chi connectivity index (χ4v) is 1.49. The number of H-pyrrole nitrogens is 1. The molecule has 0 bridgehead atoms. The van der Waals surface area contributed by atoms with Crippen LogP contribution in [0.25, 0.3) is 22.3 Å². The SMILES string of the molecule is c1ccc2ocnc2c1.c1ncc2[nH]cnc2n1. The van der Waals surface area contributed by atoms with Crippen molar-refractivity contribution in [3.63, 3.8) is 0 Å². The van der Waals surface area contributed by atoms with Crippen LogP contribution >= 0.6 is 0 Å². The van der Waals surface area contributed by atoms with Gasteiger partial charge in [0.05, 0.1) is 12.5 Å². The third kappa shape index (κ3) is 2.03. The van der Waals surface area contributed by atoms with Gasteiger partial charge in [0.1, 0.15) is 17.4 Å². The Hall–Kier alpha value is -2.76. The minimum atomic E-state index is 0.713. The molecular formula is C12H9N5O. The number of aromatic nitrogens is 5. The van der Waals surface area contributed by atoms with Gasteiger partial charge < -0.3 is 9.40 Å². The van der Waals surface area contributed by atoms with Gasteiger partial charge in [0.15, 0.2) is 17.6 Å². The van der Waals surface area contributed by atoms with Crippen LogP contribution in [0.15, 0.2) is 53.9 Å². The Kier molecular flexibility index (Phi) is 2.67. The molecule has 1 aromatic carbocycles. The molecule has 88 valence electrons. The summed E-state index contributed by atoms with van der Waals surface area (Å²) in [4.78, 5) is 18.4. The summed E-state index contributed by atoms with van der Waals surface area (Å²) in [5, 5.41) is 0. The third-order valence-corrected chi connectivity index (χ3v) is 2.33. The summed E-state index contributed by atoms with van der Waals surface area (Å²) in [5.41, 5.74) is 3.34. The molecule has 0 fully saturated rings. The normalized spacial score (nSPS) is 10.2. The average molecular weight is 239 g/mol. The number of aromatic amines is 1. The topological polar surface area (TPSA) is 80.5 Å². The van der Waals surface area contributed by atoms with Gasteiger partial charge >= 0.3 is 0 Å². The van der Waals surface area contributed by atoms with Crippen LogP contribution in [0, 0.1) is 0 Å². The van der Waals surface area contributed by atoms with Crippen molar-refractivity contribution in [3.05, 3.63) is 49.5 Å². The van der Waals surface area contributed by atoms with Crippen molar-refractivity contribution in [3.8, 4) is 0 Å². The van der Waals surface area contributed by atoms with E-state index in [9.17, 15) is 0 Å². The Morgan fingerprint density at radius 3 is 2.89 bits per heavy atom. The minimum Gasteiger partial charge on any atom is -0.443 e. The number of oxazole rings is 1. The first-order valence-electron chi connectivity index (χ1n) is 5.31. The van der Waals surface area contributed by atoms with Crippen LogP contribution in [0.4, 0.5) is 0 Å². The van der Waals surface area contributed by atoms with Crippen molar-refractivity contribution in [2.45, 2.75) is 0 Å². The summed E-state index contributed by atoms with van der Waals surface area (Å²) in [6, 6.07) is 7.67. The molecule has 0 radical (unpaired) electrons. The van der Waals surface area contributed by atoms with E-state index in [0.717, 1.165) is 16.6 Å². The van der Waals surface area contributed by atoms with Gasteiger partial charge in [-0.1, -0.05) is 12.1 Å². The molecule has 0 saturated carbocycles. The van der Waals surface area contributed by atoms with Gasteiger partial charge in [-0.3, -0.25) is 0 Å². The van der Waals surface area contributed by atoms with Crippen molar-refractivity contribution in [1.82, 2.24) is 24.9 Å². The summed E-state index contributed by atoms with van der Waals surface area (Å²) < 4.78 is 5.01. The highest BCUT2D eigenvalue weighted by Gasteiger charge is 1.92. The number of nitrogens with zero attached hydrogens (tertiary/aromatic N) is 4. The van der Waals surface area contributed by atoms with E-state index in [2.05, 4.69) is 24.9 Å². The predicted molar refractivity (Wildman–Crippen MR) is 65.7 cm³/mol. The number of fused-ring (bicyclic) bond motifs is 2. The summed E-state index contributed by atoms with van der Waals surface area (Å²) in [6.45, 7) is 0. The van der Waals surface area contributed by atoms with Crippen LogP contribution in [-0.2, 0) is 0 Å². The van der Waals surface area contributed by atoms with Gasteiger partial charge in [-0.15, -0.1) is 0 Å². The molecule has 1 N–H and O–H groups in total. The second-order valence-corrected chi connectivity index (χ2v) is 3.48. The summed E-state index contributed by atoms with van der Waals surface area (Å²) >= 11 is 0. The quantitative estimate of drug-likeness (QED) is 0.508. The van der Waals surface area contributed by atoms with Gasteiger partial charge in [0.2, 0.25) is 0 Å². The summed E-state index contributed by atoms with van der Waals surface area (Å²) in [6.07, 6.45) is 6.21. The first kappa shape index (κ1) is 10.4. The Morgan fingerprint density at radius 1 is 1.06 bits per heavy atom. The number of benzene rings is 1. The number of rotatable bonds is 0. The molecule has 6 nitrogen and oxygen atoms in total. The zero-order valence-electron chi connectivity index (χ0n) is 9.32. The van der Waals surface area contributed by atoms with Gasteiger partial charge in [-0.2, -0.15) is 0 Å². The molecule has 6 heteroatoms. The molecule has 3 aromatic heterocycles. The van der Waals surface area contributed by atoms with Crippen LogP contribution < -0.4 is 0 Å². The lowest BCUT2D eigenvalue weighted by Gasteiger charge is -1.80. The van der Waals surface area contributed by atoms with Crippen molar-refractivity contribution < 1.29 is 4.42 Å². The highest BCUT2D eigenvalue weighted by molar-refractivity contribution is 5.71. The lowest BCUT2D eigenvalue weighted by Crippen LogP contribution is -1.76. The van der Waals surface area contributed by atoms with Crippen molar-refractivity contribution in [2.75, 3.05) is 0 Å². The molecule has 0 aliphatic heterocycles. The maximum absolute atomic E-state index is 5.01. The summed E-state index contributed by atoms with van der Waals surface area (Å²) in [7, 11) is 0. The van der Waals surface area contributed by atoms with Crippen molar-refractivity contribution in [2.24, 2.45) is 0 Å². The summed E-state index contributed by atoms with van der Waals surface area (Å²) in [5.74, 6) is 0. The van der Waals surface area contributed by atoms with Gasteiger partial charge in [0.25, 0.3) is 0 Å². The van der Waals surface area contributed by atoms with Crippen LogP contribution in [0.1, 0.15) is 0 Å². The predicted octanol–water partition coefficient (Wildman–Crippen LogP) is 2.18. The van der Waals surface area contributed by atoms with E-state index in [4.69, 9.17) is 4.42 Å². The largest absolute Gasteiger partial charge is 0.443 e. The molecule has 0 amide bonds. The van der Waals surface area contributed by atoms with Crippen LogP contribution in [0.3, 0.4) is 0 Å². The average Bonchev–Trinajstić information content (AvgIpc) is 3.08. The first-order valence-corrected chi connectivity index (χ1v) is 5.31. The van der Waals surface area contributed by atoms with Crippen molar-refractivity contribution >= 4 is 22.3 Å². The Morgan fingerprint density at radius 2 is 2.00 bits per heavy atom. The van der Waals surface area contributed by atoms with Gasteiger partial charge in [0, 0.05) is 0 Å². The molecular weight excluding hydrogens is 230 g/mol. The number of nitrogens with one attached hydrogen (secondary N) is 1. The lowest BCUT2D eigenvalue weighted by atomic mass is 10.3. The van der Waals surface area contributed by atoms with E-state index in [1.54, 1.807) is 12.5 Å². The third-order valence-electron chi connectivity index (χ3n) is 2.33. The van der Waals surface area contributed by atoms with Crippen molar-refractivity contribution in [1.29, 1.82) is 0 Å². The second-order valence-electron chi connectivity index (χ2n) is 3.48. The van der Waals surface area contributed by atoms with E-state index in [-0.39, 0.29) is 0 Å². The molecule has 4 aromatic rings. The van der Waals surface area contributed by atoms with Crippen LogP contribution in [0.2, 0.25) is 0 Å². The Balaban J connectivity index is 0.000000111. The zero-order chi connectivity index (χ0) is 12.2. The van der Waals surface area contributed by atoms with E-state index >= 15 is 0 Å². The molecule has 4 rings (SSSR count). The minimum absolute atomic E-state index is 0.713. The van der Waals surface area contributed by atoms with Crippen LogP contribution in [-0.4, -0.2) is 24.9 Å². The fourth-order valence-electron chi connectivity index (χ4n) is 1.49. The molecule has 0 aliphatic rings. The maximum Gasteiger partial charge on any atom is 0.181 e. The molecule has 0 atom stereocenters. The number of hydrogen-bond donors (Lipinski definition) is 1. The Labute approximate surface area is 102 Å². The highest BCUT2D eigenvalue weighted by Crippen LogP contribution is 2.09. The highest BCUT2D eigenvalue weighted by atomic mass is 16.3. The molecule has 3 heterocycles. The number of para-hydroxylation sites is 2. The standard InChI is InChI=1S/C7H5NO.C5H4N4/c1-2-4-7-6(3-1)8-5-9-7;1-4-5(8-2-6-1)9-3-7-4/h1-5H;1-3H,(H,6,7,8,9). The smallest absolute Gasteiger partial charge is 0.181 e. The molecule has 0 aliphatic carbocycles.